The quantitative estimate of drug-likeness (QED) is 0.622. The fourth-order valence-corrected chi connectivity index (χ4v) is 7.99. The van der Waals surface area contributed by atoms with Crippen molar-refractivity contribution in [2.24, 2.45) is 47.3 Å². The van der Waals surface area contributed by atoms with E-state index in [1.54, 1.807) is 0 Å². The smallest absolute Gasteiger partial charge is 0.139 e. The van der Waals surface area contributed by atoms with E-state index in [4.69, 9.17) is 0 Å². The van der Waals surface area contributed by atoms with Gasteiger partial charge in [0, 0.05) is 11.8 Å². The molecular formula is C20H30O. The maximum atomic E-state index is 13.0. The van der Waals surface area contributed by atoms with Crippen LogP contribution in [0, 0.1) is 47.3 Å². The van der Waals surface area contributed by atoms with Gasteiger partial charge in [-0.25, -0.2) is 0 Å². The van der Waals surface area contributed by atoms with Gasteiger partial charge in [0.05, 0.1) is 0 Å². The highest BCUT2D eigenvalue weighted by molar-refractivity contribution is 5.87. The number of ketones is 1. The average molecular weight is 286 g/mol. The third-order valence-corrected chi connectivity index (χ3v) is 8.38. The van der Waals surface area contributed by atoms with Crippen LogP contribution in [0.1, 0.15) is 70.6 Å². The molecule has 0 aromatic carbocycles. The molecule has 0 spiro atoms. The summed E-state index contributed by atoms with van der Waals surface area (Å²) in [6.45, 7) is 0. The van der Waals surface area contributed by atoms with E-state index < -0.39 is 0 Å². The van der Waals surface area contributed by atoms with Crippen molar-refractivity contribution >= 4 is 5.78 Å². The van der Waals surface area contributed by atoms with Crippen molar-refractivity contribution < 1.29 is 4.79 Å². The van der Waals surface area contributed by atoms with E-state index in [0.29, 0.717) is 11.8 Å². The van der Waals surface area contributed by atoms with Crippen LogP contribution >= 0.6 is 0 Å². The largest absolute Gasteiger partial charge is 0.299 e. The Labute approximate surface area is 129 Å². The van der Waals surface area contributed by atoms with E-state index in [2.05, 4.69) is 0 Å². The molecule has 0 aromatic rings. The first kappa shape index (κ1) is 13.1. The van der Waals surface area contributed by atoms with Crippen molar-refractivity contribution in [2.75, 3.05) is 0 Å². The molecule has 0 N–H and O–H groups in total. The zero-order chi connectivity index (χ0) is 14.0. The topological polar surface area (TPSA) is 17.1 Å². The molecule has 0 amide bonds. The second-order valence-corrected chi connectivity index (χ2v) is 8.94. The molecule has 0 saturated heterocycles. The molecule has 6 unspecified atom stereocenters. The predicted octanol–water partition coefficient (Wildman–Crippen LogP) is 4.84. The molecule has 5 aliphatic carbocycles. The summed E-state index contributed by atoms with van der Waals surface area (Å²) < 4.78 is 0. The van der Waals surface area contributed by atoms with E-state index in [9.17, 15) is 4.79 Å². The Kier molecular flexibility index (Phi) is 3.02. The van der Waals surface area contributed by atoms with Crippen LogP contribution in [-0.2, 0) is 4.79 Å². The molecule has 5 rings (SSSR count). The van der Waals surface area contributed by atoms with Gasteiger partial charge in [-0.3, -0.25) is 4.79 Å². The van der Waals surface area contributed by atoms with Gasteiger partial charge in [0.25, 0.3) is 0 Å². The second kappa shape index (κ2) is 4.83. The predicted molar refractivity (Wildman–Crippen MR) is 83.7 cm³/mol. The first-order chi connectivity index (χ1) is 10.4. The second-order valence-electron chi connectivity index (χ2n) is 8.94. The first-order valence-corrected chi connectivity index (χ1v) is 9.90. The van der Waals surface area contributed by atoms with Gasteiger partial charge in [0.15, 0.2) is 0 Å². The highest BCUT2D eigenvalue weighted by atomic mass is 16.1. The Bertz CT molecular complexity index is 405. The molecule has 21 heavy (non-hydrogen) atoms. The molecule has 5 aliphatic rings. The third-order valence-electron chi connectivity index (χ3n) is 8.38. The number of fused-ring (bicyclic) bond motifs is 7. The monoisotopic (exact) mass is 286 g/mol. The van der Waals surface area contributed by atoms with Crippen molar-refractivity contribution in [2.45, 2.75) is 70.6 Å². The Morgan fingerprint density at radius 3 is 1.71 bits per heavy atom. The number of carbonyl (C=O) groups excluding carboxylic acids is 1. The molecule has 1 nitrogen and oxygen atoms in total. The van der Waals surface area contributed by atoms with E-state index in [-0.39, 0.29) is 0 Å². The van der Waals surface area contributed by atoms with Crippen LogP contribution in [0.4, 0.5) is 0 Å². The molecule has 6 atom stereocenters. The van der Waals surface area contributed by atoms with E-state index in [1.807, 2.05) is 0 Å². The van der Waals surface area contributed by atoms with Crippen LogP contribution in [0.5, 0.6) is 0 Å². The Hall–Kier alpha value is -0.330. The lowest BCUT2D eigenvalue weighted by Crippen LogP contribution is -2.37. The highest BCUT2D eigenvalue weighted by Gasteiger charge is 2.63. The van der Waals surface area contributed by atoms with Crippen molar-refractivity contribution in [3.63, 3.8) is 0 Å². The number of carbonyl (C=O) groups is 1. The minimum atomic E-state index is 0.495. The normalized spacial score (nSPS) is 55.5. The molecule has 116 valence electrons. The van der Waals surface area contributed by atoms with E-state index in [0.717, 1.165) is 41.3 Å². The molecule has 5 fully saturated rings. The summed E-state index contributed by atoms with van der Waals surface area (Å²) >= 11 is 0. The van der Waals surface area contributed by atoms with Gasteiger partial charge >= 0.3 is 0 Å². The van der Waals surface area contributed by atoms with Crippen LogP contribution in [0.25, 0.3) is 0 Å². The lowest BCUT2D eigenvalue weighted by molar-refractivity contribution is -0.126. The highest BCUT2D eigenvalue weighted by Crippen LogP contribution is 2.66. The Morgan fingerprint density at radius 1 is 0.571 bits per heavy atom. The minimum absolute atomic E-state index is 0.495. The third kappa shape index (κ3) is 1.72. The van der Waals surface area contributed by atoms with Crippen molar-refractivity contribution in [1.82, 2.24) is 0 Å². The molecular weight excluding hydrogens is 256 g/mol. The average Bonchev–Trinajstić information content (AvgIpc) is 2.98. The van der Waals surface area contributed by atoms with E-state index >= 15 is 0 Å². The van der Waals surface area contributed by atoms with Gasteiger partial charge < -0.3 is 0 Å². The maximum absolute atomic E-state index is 13.0. The fraction of sp³-hybridized carbons (Fsp3) is 0.950. The number of Topliss-reactive ketones (excluding diaryl/α,β-unsaturated/α-hetero) is 1. The molecule has 0 aromatic heterocycles. The van der Waals surface area contributed by atoms with Crippen LogP contribution in [0.3, 0.4) is 0 Å². The molecule has 0 aliphatic heterocycles. The van der Waals surface area contributed by atoms with Crippen LogP contribution < -0.4 is 0 Å². The van der Waals surface area contributed by atoms with Gasteiger partial charge in [-0.15, -0.1) is 0 Å². The van der Waals surface area contributed by atoms with Gasteiger partial charge in [0.2, 0.25) is 0 Å². The van der Waals surface area contributed by atoms with E-state index in [1.165, 1.54) is 70.6 Å². The Morgan fingerprint density at radius 2 is 1.14 bits per heavy atom. The van der Waals surface area contributed by atoms with Crippen LogP contribution in [0.15, 0.2) is 0 Å². The molecule has 0 radical (unpaired) electrons. The summed E-state index contributed by atoms with van der Waals surface area (Å²) in [5, 5.41) is 0. The SMILES string of the molecule is O=C1C2CCCCCC1C1C3CCCC4CCCC(C43)C21. The van der Waals surface area contributed by atoms with Gasteiger partial charge in [-0.2, -0.15) is 0 Å². The maximum Gasteiger partial charge on any atom is 0.139 e. The standard InChI is InChI=1S/C20H30O/c21-20-15-8-2-1-3-9-16(20)19-14-11-5-7-12-6-4-10-13(17(12)14)18(15)19/h12-19H,1-11H2. The number of hydrogen-bond donors (Lipinski definition) is 0. The van der Waals surface area contributed by atoms with Gasteiger partial charge in [-0.05, 0) is 61.2 Å². The first-order valence-electron chi connectivity index (χ1n) is 9.90. The fourth-order valence-electron chi connectivity index (χ4n) is 7.99. The molecule has 1 heteroatoms. The van der Waals surface area contributed by atoms with Crippen LogP contribution in [-0.4, -0.2) is 5.78 Å². The summed E-state index contributed by atoms with van der Waals surface area (Å²) in [6, 6.07) is 0. The summed E-state index contributed by atoms with van der Waals surface area (Å²) in [5.41, 5.74) is 0. The van der Waals surface area contributed by atoms with Crippen molar-refractivity contribution in [1.29, 1.82) is 0 Å². The Balaban J connectivity index is 1.56. The summed E-state index contributed by atoms with van der Waals surface area (Å²) in [7, 11) is 0. The van der Waals surface area contributed by atoms with Gasteiger partial charge in [0.1, 0.15) is 5.78 Å². The van der Waals surface area contributed by atoms with Crippen molar-refractivity contribution in [3.8, 4) is 0 Å². The van der Waals surface area contributed by atoms with Gasteiger partial charge in [-0.1, -0.05) is 44.9 Å². The lowest BCUT2D eigenvalue weighted by atomic mass is 9.62. The minimum Gasteiger partial charge on any atom is -0.299 e. The summed E-state index contributed by atoms with van der Waals surface area (Å²) in [4.78, 5) is 13.0. The molecule has 0 heterocycles. The number of hydrogen-bond acceptors (Lipinski definition) is 1. The van der Waals surface area contributed by atoms with Crippen LogP contribution in [0.2, 0.25) is 0 Å². The molecule has 2 bridgehead atoms. The lowest BCUT2D eigenvalue weighted by Gasteiger charge is -2.43. The zero-order valence-electron chi connectivity index (χ0n) is 13.3. The zero-order valence-corrected chi connectivity index (χ0v) is 13.3. The summed E-state index contributed by atoms with van der Waals surface area (Å²) in [6.07, 6.45) is 15.4. The number of rotatable bonds is 0. The van der Waals surface area contributed by atoms with Crippen molar-refractivity contribution in [3.05, 3.63) is 0 Å². The summed E-state index contributed by atoms with van der Waals surface area (Å²) in [5.74, 6) is 7.38. The molecule has 5 saturated carbocycles.